The molecule has 0 unspecified atom stereocenters. The molecule has 3 aromatic heterocycles. The molecule has 0 bridgehead atoms. The van der Waals surface area contributed by atoms with Gasteiger partial charge in [-0.1, -0.05) is 6.07 Å². The molecule has 0 saturated carbocycles. The molecule has 0 aromatic carbocycles. The van der Waals surface area contributed by atoms with E-state index in [0.29, 0.717) is 35.1 Å². The molecule has 1 amide bonds. The summed E-state index contributed by atoms with van der Waals surface area (Å²) in [7, 11) is 0. The maximum absolute atomic E-state index is 12.7. The first-order chi connectivity index (χ1) is 11.5. The van der Waals surface area contributed by atoms with Crippen LogP contribution < -0.4 is 5.73 Å². The summed E-state index contributed by atoms with van der Waals surface area (Å²) in [6.45, 7) is 6.56. The normalized spacial score (nSPS) is 11.2. The number of aromatic nitrogens is 4. The van der Waals surface area contributed by atoms with Crippen molar-refractivity contribution in [3.63, 3.8) is 0 Å². The van der Waals surface area contributed by atoms with Gasteiger partial charge in [-0.25, -0.2) is 4.98 Å². The first-order valence-electron chi connectivity index (χ1n) is 7.90. The average Bonchev–Trinajstić information content (AvgIpc) is 3.00. The van der Waals surface area contributed by atoms with Crippen LogP contribution in [-0.2, 0) is 0 Å². The van der Waals surface area contributed by atoms with Gasteiger partial charge in [-0.2, -0.15) is 4.52 Å². The Balaban J connectivity index is 2.06. The van der Waals surface area contributed by atoms with E-state index in [-0.39, 0.29) is 11.9 Å². The lowest BCUT2D eigenvalue weighted by atomic mass is 10.2. The highest BCUT2D eigenvalue weighted by Crippen LogP contribution is 2.19. The Morgan fingerprint density at radius 2 is 2.12 bits per heavy atom. The van der Waals surface area contributed by atoms with Crippen molar-refractivity contribution in [2.45, 2.75) is 26.8 Å². The fraction of sp³-hybridized carbons (Fsp3) is 0.294. The van der Waals surface area contributed by atoms with Crippen molar-refractivity contribution < 1.29 is 4.79 Å². The van der Waals surface area contributed by atoms with Gasteiger partial charge in [0.2, 0.25) is 5.82 Å². The average molecular weight is 324 g/mol. The van der Waals surface area contributed by atoms with Crippen molar-refractivity contribution in [1.82, 2.24) is 24.5 Å². The van der Waals surface area contributed by atoms with Gasteiger partial charge < -0.3 is 10.6 Å². The molecule has 0 aliphatic rings. The molecule has 2 N–H and O–H groups in total. The van der Waals surface area contributed by atoms with Crippen LogP contribution in [0.3, 0.4) is 0 Å². The number of carbonyl (C=O) groups is 1. The van der Waals surface area contributed by atoms with Gasteiger partial charge in [0, 0.05) is 24.3 Å². The second kappa shape index (κ2) is 6.27. The fourth-order valence-corrected chi connectivity index (χ4v) is 2.64. The molecule has 3 aromatic rings. The van der Waals surface area contributed by atoms with Gasteiger partial charge in [0.15, 0.2) is 5.65 Å². The van der Waals surface area contributed by atoms with Crippen molar-refractivity contribution in [2.24, 2.45) is 0 Å². The van der Waals surface area contributed by atoms with Gasteiger partial charge >= 0.3 is 0 Å². The predicted molar refractivity (Wildman–Crippen MR) is 92.5 cm³/mol. The zero-order valence-corrected chi connectivity index (χ0v) is 14.0. The largest absolute Gasteiger partial charge is 0.384 e. The number of amides is 1. The summed E-state index contributed by atoms with van der Waals surface area (Å²) in [6, 6.07) is 8.99. The smallest absolute Gasteiger partial charge is 0.254 e. The van der Waals surface area contributed by atoms with Crippen molar-refractivity contribution in [3.05, 3.63) is 42.1 Å². The summed E-state index contributed by atoms with van der Waals surface area (Å²) in [6.07, 6.45) is 1.68. The van der Waals surface area contributed by atoms with Crippen molar-refractivity contribution in [2.75, 3.05) is 12.3 Å². The van der Waals surface area contributed by atoms with Crippen LogP contribution in [0.25, 0.3) is 17.2 Å². The molecule has 0 fully saturated rings. The Morgan fingerprint density at radius 1 is 1.33 bits per heavy atom. The molecule has 0 aliphatic heterocycles. The molecule has 0 spiro atoms. The van der Waals surface area contributed by atoms with Crippen molar-refractivity contribution in [3.8, 4) is 11.5 Å². The van der Waals surface area contributed by atoms with Gasteiger partial charge in [0.1, 0.15) is 11.5 Å². The van der Waals surface area contributed by atoms with Gasteiger partial charge in [-0.05, 0) is 45.0 Å². The molecule has 3 heterocycles. The molecule has 0 radical (unpaired) electrons. The predicted octanol–water partition coefficient (Wildman–Crippen LogP) is 2.24. The maximum Gasteiger partial charge on any atom is 0.254 e. The first-order valence-corrected chi connectivity index (χ1v) is 7.90. The van der Waals surface area contributed by atoms with E-state index < -0.39 is 0 Å². The van der Waals surface area contributed by atoms with Crippen LogP contribution in [0, 0.1) is 0 Å². The molecular weight excluding hydrogens is 304 g/mol. The van der Waals surface area contributed by atoms with Gasteiger partial charge in [0.25, 0.3) is 5.91 Å². The van der Waals surface area contributed by atoms with E-state index in [1.165, 1.54) is 4.52 Å². The number of hydrogen-bond acceptors (Lipinski definition) is 5. The lowest BCUT2D eigenvalue weighted by Gasteiger charge is -2.25. The molecule has 24 heavy (non-hydrogen) atoms. The van der Waals surface area contributed by atoms with E-state index in [9.17, 15) is 4.79 Å². The topological polar surface area (TPSA) is 89.4 Å². The summed E-state index contributed by atoms with van der Waals surface area (Å²) in [5, 5.41) is 4.38. The van der Waals surface area contributed by atoms with Crippen LogP contribution >= 0.6 is 0 Å². The van der Waals surface area contributed by atoms with Crippen LogP contribution in [0.15, 0.2) is 36.5 Å². The highest BCUT2D eigenvalue weighted by molar-refractivity contribution is 5.96. The lowest BCUT2D eigenvalue weighted by Crippen LogP contribution is -2.36. The maximum atomic E-state index is 12.7. The molecule has 124 valence electrons. The zero-order valence-electron chi connectivity index (χ0n) is 14.0. The highest BCUT2D eigenvalue weighted by Gasteiger charge is 2.19. The third-order valence-electron chi connectivity index (χ3n) is 3.83. The molecular formula is C17H20N6O. The summed E-state index contributed by atoms with van der Waals surface area (Å²) in [5.41, 5.74) is 7.77. The number of fused-ring (bicyclic) bond motifs is 1. The Labute approximate surface area is 140 Å². The van der Waals surface area contributed by atoms with E-state index in [0.717, 1.165) is 0 Å². The third-order valence-corrected chi connectivity index (χ3v) is 3.83. The van der Waals surface area contributed by atoms with Crippen molar-refractivity contribution >= 4 is 17.4 Å². The highest BCUT2D eigenvalue weighted by atomic mass is 16.2. The van der Waals surface area contributed by atoms with Crippen LogP contribution in [0.4, 0.5) is 5.82 Å². The Morgan fingerprint density at radius 3 is 2.75 bits per heavy atom. The van der Waals surface area contributed by atoms with Gasteiger partial charge in [-0.15, -0.1) is 5.10 Å². The number of carbonyl (C=O) groups excluding carboxylic acids is 1. The number of rotatable bonds is 4. The lowest BCUT2D eigenvalue weighted by molar-refractivity contribution is 0.0717. The van der Waals surface area contributed by atoms with E-state index in [2.05, 4.69) is 15.1 Å². The third kappa shape index (κ3) is 2.80. The minimum Gasteiger partial charge on any atom is -0.384 e. The number of hydrogen-bond donors (Lipinski definition) is 1. The molecule has 7 nitrogen and oxygen atoms in total. The van der Waals surface area contributed by atoms with Crippen LogP contribution in [0.2, 0.25) is 0 Å². The van der Waals surface area contributed by atoms with Gasteiger partial charge in [0.05, 0.1) is 0 Å². The molecule has 7 heteroatoms. The number of pyridine rings is 2. The summed E-state index contributed by atoms with van der Waals surface area (Å²) in [4.78, 5) is 23.2. The van der Waals surface area contributed by atoms with E-state index in [4.69, 9.17) is 5.73 Å². The Kier molecular flexibility index (Phi) is 4.16. The monoisotopic (exact) mass is 324 g/mol. The van der Waals surface area contributed by atoms with Crippen LogP contribution in [0.5, 0.6) is 0 Å². The zero-order chi connectivity index (χ0) is 17.3. The summed E-state index contributed by atoms with van der Waals surface area (Å²) in [5.74, 6) is 0.775. The Bertz CT molecular complexity index is 871. The van der Waals surface area contributed by atoms with E-state index >= 15 is 0 Å². The standard InChI is InChI=1S/C17H20N6O/c1-4-22(11(2)3)17(24)12-9-14(18)23-15(10-12)20-16(21-23)13-7-5-6-8-19-13/h5-11H,4,18H2,1-3H3. The second-order valence-electron chi connectivity index (χ2n) is 5.77. The number of anilines is 1. The molecule has 0 saturated heterocycles. The summed E-state index contributed by atoms with van der Waals surface area (Å²) >= 11 is 0. The molecule has 0 atom stereocenters. The molecule has 0 aliphatic carbocycles. The Hall–Kier alpha value is -2.96. The van der Waals surface area contributed by atoms with E-state index in [1.54, 1.807) is 23.2 Å². The minimum atomic E-state index is -0.0657. The second-order valence-corrected chi connectivity index (χ2v) is 5.77. The number of nitrogens with zero attached hydrogens (tertiary/aromatic N) is 5. The van der Waals surface area contributed by atoms with Crippen molar-refractivity contribution in [1.29, 1.82) is 0 Å². The van der Waals surface area contributed by atoms with Crippen LogP contribution in [-0.4, -0.2) is 43.0 Å². The first kappa shape index (κ1) is 15.9. The number of nitrogens with two attached hydrogens (primary N) is 1. The van der Waals surface area contributed by atoms with Gasteiger partial charge in [-0.3, -0.25) is 9.78 Å². The van der Waals surface area contributed by atoms with E-state index in [1.807, 2.05) is 39.0 Å². The minimum absolute atomic E-state index is 0.0657. The fourth-order valence-electron chi connectivity index (χ4n) is 2.64. The number of nitrogen functional groups attached to an aromatic ring is 1. The SMILES string of the molecule is CCN(C(=O)c1cc(N)n2nc(-c3ccccn3)nc2c1)C(C)C. The molecule has 3 rings (SSSR count). The quantitative estimate of drug-likeness (QED) is 0.795. The summed E-state index contributed by atoms with van der Waals surface area (Å²) < 4.78 is 1.52. The van der Waals surface area contributed by atoms with Crippen LogP contribution in [0.1, 0.15) is 31.1 Å².